The molecule has 0 aromatic rings. The van der Waals surface area contributed by atoms with Crippen molar-refractivity contribution in [3.8, 4) is 0 Å². The largest absolute Gasteiger partial charge is 0.395 e. The molecule has 4 aliphatic carbocycles. The Balaban J connectivity index is 1.60. The van der Waals surface area contributed by atoms with Crippen molar-refractivity contribution in [3.63, 3.8) is 0 Å². The molecule has 0 spiro atoms. The van der Waals surface area contributed by atoms with Gasteiger partial charge in [-0.1, -0.05) is 19.0 Å². The van der Waals surface area contributed by atoms with Crippen molar-refractivity contribution in [1.29, 1.82) is 0 Å². The number of hydrogen-bond donors (Lipinski definition) is 1. The summed E-state index contributed by atoms with van der Waals surface area (Å²) in [7, 11) is 0. The van der Waals surface area contributed by atoms with E-state index in [2.05, 4.69) is 19.0 Å². The molecule has 0 bridgehead atoms. The normalized spacial score (nSPS) is 47.9. The Morgan fingerprint density at radius 1 is 1.19 bits per heavy atom. The van der Waals surface area contributed by atoms with Gasteiger partial charge in [0.1, 0.15) is 18.7 Å². The number of nitrogens with two attached hydrogens (primary N) is 1. The zero-order valence-corrected chi connectivity index (χ0v) is 16.8. The van der Waals surface area contributed by atoms with Crippen molar-refractivity contribution >= 4 is 17.8 Å². The third kappa shape index (κ3) is 2.88. The summed E-state index contributed by atoms with van der Waals surface area (Å²) in [6, 6.07) is 0. The third-order valence-corrected chi connectivity index (χ3v) is 8.89. The highest BCUT2D eigenvalue weighted by Gasteiger charge is 2.62. The van der Waals surface area contributed by atoms with E-state index in [1.807, 2.05) is 0 Å². The number of carbonyl (C=O) groups is 2. The maximum absolute atomic E-state index is 12.6. The van der Waals surface area contributed by atoms with E-state index >= 15 is 0 Å². The van der Waals surface area contributed by atoms with Crippen LogP contribution in [0.15, 0.2) is 5.16 Å². The number of aldehydes is 1. The summed E-state index contributed by atoms with van der Waals surface area (Å²) in [6.07, 6.45) is 9.00. The van der Waals surface area contributed by atoms with E-state index in [9.17, 15) is 9.59 Å². The van der Waals surface area contributed by atoms with Crippen LogP contribution in [0.3, 0.4) is 0 Å². The molecule has 4 fully saturated rings. The van der Waals surface area contributed by atoms with Crippen LogP contribution >= 0.6 is 0 Å². The first-order valence-corrected chi connectivity index (χ1v) is 10.8. The Labute approximate surface area is 162 Å². The first-order valence-electron chi connectivity index (χ1n) is 10.8. The molecule has 2 N–H and O–H groups in total. The molecule has 0 heterocycles. The summed E-state index contributed by atoms with van der Waals surface area (Å²) >= 11 is 0. The molecule has 4 rings (SSSR count). The molecule has 0 aromatic carbocycles. The highest BCUT2D eigenvalue weighted by atomic mass is 16.6. The zero-order valence-electron chi connectivity index (χ0n) is 16.8. The molecular weight excluding hydrogens is 340 g/mol. The van der Waals surface area contributed by atoms with E-state index in [0.717, 1.165) is 57.1 Å². The Morgan fingerprint density at radius 3 is 2.74 bits per heavy atom. The Bertz CT molecular complexity index is 647. The van der Waals surface area contributed by atoms with Gasteiger partial charge in [0.15, 0.2) is 0 Å². The molecule has 27 heavy (non-hydrogen) atoms. The van der Waals surface area contributed by atoms with E-state index < -0.39 is 0 Å². The second-order valence-electron chi connectivity index (χ2n) is 9.93. The molecule has 5 nitrogen and oxygen atoms in total. The van der Waals surface area contributed by atoms with Crippen LogP contribution in [-0.4, -0.2) is 30.9 Å². The van der Waals surface area contributed by atoms with Gasteiger partial charge in [0, 0.05) is 24.3 Å². The smallest absolute Gasteiger partial charge is 0.139 e. The average molecular weight is 375 g/mol. The van der Waals surface area contributed by atoms with Crippen molar-refractivity contribution in [1.82, 2.24) is 0 Å². The quantitative estimate of drug-likeness (QED) is 0.465. The third-order valence-electron chi connectivity index (χ3n) is 8.89. The van der Waals surface area contributed by atoms with Crippen molar-refractivity contribution in [2.24, 2.45) is 51.3 Å². The second kappa shape index (κ2) is 6.98. The molecule has 0 aliphatic heterocycles. The summed E-state index contributed by atoms with van der Waals surface area (Å²) < 4.78 is 0. The van der Waals surface area contributed by atoms with E-state index in [1.165, 1.54) is 6.29 Å². The summed E-state index contributed by atoms with van der Waals surface area (Å²) in [5.41, 5.74) is 6.62. The van der Waals surface area contributed by atoms with Gasteiger partial charge in [0.2, 0.25) is 0 Å². The monoisotopic (exact) mass is 374 g/mol. The van der Waals surface area contributed by atoms with E-state index in [1.54, 1.807) is 0 Å². The summed E-state index contributed by atoms with van der Waals surface area (Å²) in [4.78, 5) is 30.0. The molecule has 2 unspecified atom stereocenters. The number of hydrogen-bond acceptors (Lipinski definition) is 5. The second-order valence-corrected chi connectivity index (χ2v) is 9.93. The fourth-order valence-corrected chi connectivity index (χ4v) is 7.40. The molecule has 0 amide bonds. The summed E-state index contributed by atoms with van der Waals surface area (Å²) in [5, 5.41) is 4.32. The van der Waals surface area contributed by atoms with Crippen LogP contribution in [0.4, 0.5) is 0 Å². The van der Waals surface area contributed by atoms with Crippen LogP contribution < -0.4 is 5.73 Å². The lowest BCUT2D eigenvalue weighted by Crippen LogP contribution is -2.56. The molecule has 0 saturated heterocycles. The van der Waals surface area contributed by atoms with Crippen LogP contribution in [0.25, 0.3) is 0 Å². The number of oxime groups is 1. The van der Waals surface area contributed by atoms with Crippen molar-refractivity contribution in [2.45, 2.75) is 65.2 Å². The van der Waals surface area contributed by atoms with Gasteiger partial charge in [-0.05, 0) is 74.0 Å². The van der Waals surface area contributed by atoms with Gasteiger partial charge in [-0.15, -0.1) is 0 Å². The van der Waals surface area contributed by atoms with E-state index in [-0.39, 0.29) is 16.7 Å². The van der Waals surface area contributed by atoms with Crippen molar-refractivity contribution in [3.05, 3.63) is 0 Å². The highest BCUT2D eigenvalue weighted by Crippen LogP contribution is 2.66. The fourth-order valence-electron chi connectivity index (χ4n) is 7.40. The predicted octanol–water partition coefficient (Wildman–Crippen LogP) is 3.35. The maximum atomic E-state index is 12.6. The first-order chi connectivity index (χ1) is 12.9. The fraction of sp³-hybridized carbons (Fsp3) is 0.864. The average Bonchev–Trinajstić information content (AvgIpc) is 2.96. The Kier molecular flexibility index (Phi) is 4.94. The zero-order chi connectivity index (χ0) is 19.2. The molecule has 4 aliphatic rings. The lowest BCUT2D eigenvalue weighted by molar-refractivity contribution is -0.146. The van der Waals surface area contributed by atoms with Gasteiger partial charge in [0.25, 0.3) is 0 Å². The number of fused-ring (bicyclic) bond motifs is 5. The Morgan fingerprint density at radius 2 is 2.00 bits per heavy atom. The number of rotatable bonds is 4. The molecular formula is C22H34N2O3. The van der Waals surface area contributed by atoms with Crippen molar-refractivity contribution in [2.75, 3.05) is 13.2 Å². The van der Waals surface area contributed by atoms with Gasteiger partial charge >= 0.3 is 0 Å². The molecule has 7 atom stereocenters. The van der Waals surface area contributed by atoms with Gasteiger partial charge in [0.05, 0.1) is 5.71 Å². The predicted molar refractivity (Wildman–Crippen MR) is 104 cm³/mol. The maximum Gasteiger partial charge on any atom is 0.139 e. The Hall–Kier alpha value is -1.23. The minimum absolute atomic E-state index is 0.0781. The van der Waals surface area contributed by atoms with Crippen LogP contribution in [0, 0.1) is 40.4 Å². The lowest BCUT2D eigenvalue weighted by Gasteiger charge is -2.61. The summed E-state index contributed by atoms with van der Waals surface area (Å²) in [6.45, 7) is 5.54. The molecule has 0 aromatic heterocycles. The number of ketones is 1. The molecule has 4 saturated carbocycles. The van der Waals surface area contributed by atoms with E-state index in [4.69, 9.17) is 10.6 Å². The highest BCUT2D eigenvalue weighted by molar-refractivity contribution is 5.87. The number of Topliss-reactive ketones (excluding diaryl/α,β-unsaturated/α-hetero) is 1. The molecule has 0 radical (unpaired) electrons. The van der Waals surface area contributed by atoms with Crippen molar-refractivity contribution < 1.29 is 14.4 Å². The SMILES string of the molecule is C[C@]12CC/C(=N/OCCN)CC1C(C=O)C[C@@H]1[C@H]2CC[C@]2(C)C(=O)CC[C@@H]12. The van der Waals surface area contributed by atoms with Gasteiger partial charge < -0.3 is 15.4 Å². The minimum Gasteiger partial charge on any atom is -0.395 e. The topological polar surface area (TPSA) is 81.8 Å². The minimum atomic E-state index is -0.130. The molecule has 150 valence electrons. The van der Waals surface area contributed by atoms with Crippen LogP contribution in [-0.2, 0) is 14.4 Å². The van der Waals surface area contributed by atoms with Gasteiger partial charge in [-0.2, -0.15) is 0 Å². The standard InChI is InChI=1S/C22H34N2O3/c1-21-7-5-15(24-27-10-9-23)12-19(21)14(13-25)11-16-17-3-4-20(26)22(17,2)8-6-18(16)21/h13-14,16-19H,3-12,23H2,1-2H3/b24-15-/t14?,16-,17-,18+,19?,21+,22-/m0/s1. The number of carbonyl (C=O) groups excluding carboxylic acids is 2. The van der Waals surface area contributed by atoms with Gasteiger partial charge in [-0.3, -0.25) is 4.79 Å². The first kappa shape index (κ1) is 19.1. The van der Waals surface area contributed by atoms with E-state index in [0.29, 0.717) is 42.6 Å². The van der Waals surface area contributed by atoms with Gasteiger partial charge in [-0.25, -0.2) is 0 Å². The molecule has 5 heteroatoms. The number of nitrogens with zero attached hydrogens (tertiary/aromatic N) is 1. The van der Waals surface area contributed by atoms with Crippen LogP contribution in [0.5, 0.6) is 0 Å². The van der Waals surface area contributed by atoms with Crippen LogP contribution in [0.1, 0.15) is 65.2 Å². The summed E-state index contributed by atoms with van der Waals surface area (Å²) in [5.74, 6) is 2.54. The lowest BCUT2D eigenvalue weighted by atomic mass is 9.43. The van der Waals surface area contributed by atoms with Crippen LogP contribution in [0.2, 0.25) is 0 Å².